The Morgan fingerprint density at radius 1 is 0.896 bits per heavy atom. The van der Waals surface area contributed by atoms with Crippen LogP contribution in [0, 0.1) is 16.7 Å². The van der Waals surface area contributed by atoms with Gasteiger partial charge in [0.1, 0.15) is 11.1 Å². The van der Waals surface area contributed by atoms with Crippen LogP contribution in [0.15, 0.2) is 122 Å². The molecule has 1 aliphatic carbocycles. The van der Waals surface area contributed by atoms with Crippen LogP contribution in [0.25, 0.3) is 0 Å². The van der Waals surface area contributed by atoms with E-state index in [-0.39, 0.29) is 6.04 Å². The highest BCUT2D eigenvalue weighted by Crippen LogP contribution is 2.53. The van der Waals surface area contributed by atoms with Crippen molar-refractivity contribution in [2.75, 3.05) is 11.4 Å². The maximum Gasteiger partial charge on any atom is 0.417 e. The third-order valence-corrected chi connectivity index (χ3v) is 10.4. The molecule has 0 aliphatic heterocycles. The molecule has 2 atom stereocenters. The summed E-state index contributed by atoms with van der Waals surface area (Å²) in [5.41, 5.74) is -0.452. The summed E-state index contributed by atoms with van der Waals surface area (Å²) in [4.78, 5) is 6.85. The van der Waals surface area contributed by atoms with Gasteiger partial charge in [-0.3, -0.25) is 0 Å². The fraction of sp³-hybridized carbons (Fsp3) is 0.300. The van der Waals surface area contributed by atoms with E-state index in [0.29, 0.717) is 37.2 Å². The Labute approximate surface area is 279 Å². The van der Waals surface area contributed by atoms with Gasteiger partial charge in [0, 0.05) is 29.9 Å². The molecule has 2 unspecified atom stereocenters. The van der Waals surface area contributed by atoms with Gasteiger partial charge in [0.25, 0.3) is 0 Å². The number of imidazole rings is 1. The topological polar surface area (TPSA) is 65.1 Å². The van der Waals surface area contributed by atoms with Crippen LogP contribution in [-0.4, -0.2) is 27.2 Å². The summed E-state index contributed by atoms with van der Waals surface area (Å²) in [5.74, 6) is 0. The molecule has 8 heteroatoms. The molecule has 1 fully saturated rings. The zero-order chi connectivity index (χ0) is 34.2. The Bertz CT molecular complexity index is 1800. The lowest BCUT2D eigenvalue weighted by Gasteiger charge is -2.54. The first-order valence-corrected chi connectivity index (χ1v) is 16.3. The summed E-state index contributed by atoms with van der Waals surface area (Å²) < 4.78 is 44.0. The van der Waals surface area contributed by atoms with Gasteiger partial charge in [0.2, 0.25) is 0 Å². The molecule has 48 heavy (non-hydrogen) atoms. The second-order valence-electron chi connectivity index (χ2n) is 13.1. The van der Waals surface area contributed by atoms with Crippen molar-refractivity contribution in [1.82, 2.24) is 9.55 Å². The lowest BCUT2D eigenvalue weighted by Crippen LogP contribution is -2.58. The molecule has 1 N–H and O–H groups in total. The summed E-state index contributed by atoms with van der Waals surface area (Å²) in [6, 6.07) is 35.9. The number of anilines is 1. The molecule has 0 saturated heterocycles. The standard InChI is InChI=1S/C40H39F3N4O/c1-4-47(33-23-22-29(26-44)34(25-33)40(41,42)43)36-21-14-24-38(48,37(36,2)3)35-27-46(28-45-35)39(30-15-8-5-9-16-30,31-17-10-6-11-18-31)32-19-12-7-13-20-32/h5-13,15-20,22-23,25,27-28,36,48H,4,14,21,24H2,1-3H3. The van der Waals surface area contributed by atoms with E-state index in [2.05, 4.69) is 41.0 Å². The first-order valence-electron chi connectivity index (χ1n) is 16.3. The van der Waals surface area contributed by atoms with Crippen molar-refractivity contribution in [2.24, 2.45) is 5.41 Å². The Morgan fingerprint density at radius 3 is 1.92 bits per heavy atom. The number of aliphatic hydroxyl groups is 1. The van der Waals surface area contributed by atoms with Crippen molar-refractivity contribution in [3.8, 4) is 6.07 Å². The summed E-state index contributed by atoms with van der Waals surface area (Å²) in [6.07, 6.45) is 0.829. The van der Waals surface area contributed by atoms with Crippen LogP contribution in [0.4, 0.5) is 18.9 Å². The molecule has 1 heterocycles. The van der Waals surface area contributed by atoms with E-state index in [9.17, 15) is 23.5 Å². The van der Waals surface area contributed by atoms with Crippen LogP contribution in [-0.2, 0) is 17.3 Å². The summed E-state index contributed by atoms with van der Waals surface area (Å²) in [6.45, 7) is 6.27. The number of nitrogens with zero attached hydrogens (tertiary/aromatic N) is 4. The first-order chi connectivity index (χ1) is 23.0. The second-order valence-corrected chi connectivity index (χ2v) is 13.1. The molecule has 0 spiro atoms. The van der Waals surface area contributed by atoms with E-state index in [4.69, 9.17) is 4.98 Å². The maximum absolute atomic E-state index is 14.0. The molecule has 4 aromatic carbocycles. The molecule has 1 aromatic heterocycles. The van der Waals surface area contributed by atoms with Crippen LogP contribution in [0.1, 0.15) is 73.5 Å². The molecule has 0 amide bonds. The molecule has 0 bridgehead atoms. The number of rotatable bonds is 8. The van der Waals surface area contributed by atoms with E-state index in [0.717, 1.165) is 22.8 Å². The Hall–Kier alpha value is -4.87. The minimum Gasteiger partial charge on any atom is -0.383 e. The fourth-order valence-electron chi connectivity index (χ4n) is 7.84. The third-order valence-electron chi connectivity index (χ3n) is 10.4. The number of nitriles is 1. The van der Waals surface area contributed by atoms with Gasteiger partial charge >= 0.3 is 6.18 Å². The molecule has 6 rings (SSSR count). The SMILES string of the molecule is CCN(c1ccc(C#N)c(C(F)(F)F)c1)C1CCCC(O)(c2cn(C(c3ccccc3)(c3ccccc3)c3ccccc3)cn2)C1(C)C. The zero-order valence-corrected chi connectivity index (χ0v) is 27.3. The lowest BCUT2D eigenvalue weighted by atomic mass is 9.60. The summed E-state index contributed by atoms with van der Waals surface area (Å²) in [5, 5.41) is 22.1. The van der Waals surface area contributed by atoms with Crippen molar-refractivity contribution in [3.63, 3.8) is 0 Å². The smallest absolute Gasteiger partial charge is 0.383 e. The predicted octanol–water partition coefficient (Wildman–Crippen LogP) is 8.91. The lowest BCUT2D eigenvalue weighted by molar-refractivity contribution is -0.137. The van der Waals surface area contributed by atoms with Crippen LogP contribution >= 0.6 is 0 Å². The van der Waals surface area contributed by atoms with Gasteiger partial charge in [-0.2, -0.15) is 18.4 Å². The van der Waals surface area contributed by atoms with Crippen molar-refractivity contribution in [3.05, 3.63) is 155 Å². The van der Waals surface area contributed by atoms with Gasteiger partial charge in [-0.25, -0.2) is 4.98 Å². The minimum atomic E-state index is -4.67. The Morgan fingerprint density at radius 2 is 1.44 bits per heavy atom. The number of hydrogen-bond acceptors (Lipinski definition) is 4. The molecule has 246 valence electrons. The van der Waals surface area contributed by atoms with E-state index in [1.165, 1.54) is 6.07 Å². The maximum atomic E-state index is 14.0. The quantitative estimate of drug-likeness (QED) is 0.171. The van der Waals surface area contributed by atoms with Gasteiger partial charge in [-0.15, -0.1) is 0 Å². The van der Waals surface area contributed by atoms with E-state index in [1.54, 1.807) is 18.5 Å². The average Bonchev–Trinajstić information content (AvgIpc) is 3.60. The highest BCUT2D eigenvalue weighted by atomic mass is 19.4. The van der Waals surface area contributed by atoms with Crippen molar-refractivity contribution >= 4 is 5.69 Å². The van der Waals surface area contributed by atoms with E-state index >= 15 is 0 Å². The molecule has 5 nitrogen and oxygen atoms in total. The second kappa shape index (κ2) is 12.6. The molecule has 0 radical (unpaired) electrons. The molecular weight excluding hydrogens is 609 g/mol. The van der Waals surface area contributed by atoms with E-state index < -0.39 is 33.9 Å². The number of aromatic nitrogens is 2. The average molecular weight is 649 g/mol. The van der Waals surface area contributed by atoms with Gasteiger partial charge in [-0.1, -0.05) is 105 Å². The largest absolute Gasteiger partial charge is 0.417 e. The van der Waals surface area contributed by atoms with Crippen molar-refractivity contribution in [1.29, 1.82) is 5.26 Å². The van der Waals surface area contributed by atoms with Crippen LogP contribution < -0.4 is 4.90 Å². The van der Waals surface area contributed by atoms with E-state index in [1.807, 2.05) is 86.5 Å². The zero-order valence-electron chi connectivity index (χ0n) is 27.3. The number of halogens is 3. The van der Waals surface area contributed by atoms with Crippen LogP contribution in [0.2, 0.25) is 0 Å². The number of benzene rings is 4. The Balaban J connectivity index is 1.48. The van der Waals surface area contributed by atoms with Crippen LogP contribution in [0.3, 0.4) is 0 Å². The number of hydrogen-bond donors (Lipinski definition) is 1. The van der Waals surface area contributed by atoms with Crippen LogP contribution in [0.5, 0.6) is 0 Å². The fourth-order valence-corrected chi connectivity index (χ4v) is 7.84. The summed E-state index contributed by atoms with van der Waals surface area (Å²) >= 11 is 0. The summed E-state index contributed by atoms with van der Waals surface area (Å²) in [7, 11) is 0. The molecule has 1 saturated carbocycles. The highest BCUT2D eigenvalue weighted by Gasteiger charge is 2.55. The number of alkyl halides is 3. The van der Waals surface area contributed by atoms with Gasteiger partial charge in [-0.05, 0) is 61.1 Å². The van der Waals surface area contributed by atoms with Crippen molar-refractivity contribution in [2.45, 2.75) is 63.4 Å². The minimum absolute atomic E-state index is 0.317. The third kappa shape index (κ3) is 5.36. The van der Waals surface area contributed by atoms with Crippen molar-refractivity contribution < 1.29 is 18.3 Å². The Kier molecular flexibility index (Phi) is 8.69. The predicted molar refractivity (Wildman–Crippen MR) is 181 cm³/mol. The van der Waals surface area contributed by atoms with Gasteiger partial charge in [0.05, 0.1) is 29.2 Å². The highest BCUT2D eigenvalue weighted by molar-refractivity contribution is 5.56. The molecular formula is C40H39F3N4O. The monoisotopic (exact) mass is 648 g/mol. The van der Waals surface area contributed by atoms with Gasteiger partial charge < -0.3 is 14.6 Å². The molecule has 5 aromatic rings. The first kappa shape index (κ1) is 33.0. The normalized spacial score (nSPS) is 19.4. The molecule has 1 aliphatic rings. The van der Waals surface area contributed by atoms with Gasteiger partial charge in [0.15, 0.2) is 0 Å².